The number of benzene rings is 2. The number of carbonyl (C=O) groups is 3. The second-order valence-corrected chi connectivity index (χ2v) is 7.01. The standard InChI is InChI=1S/C19H14ClNO5S/c20-15-7-2-1-5-13(15)10-21-18(24)16(27-19(21)25)9-12-4-3-6-14(8-12)26-11-17(22)23/h1-9H,10-11H2,(H,22,23)/b16-9+. The molecule has 0 atom stereocenters. The summed E-state index contributed by atoms with van der Waals surface area (Å²) >= 11 is 6.95. The van der Waals surface area contributed by atoms with Crippen molar-refractivity contribution in [3.8, 4) is 5.75 Å². The van der Waals surface area contributed by atoms with Crippen LogP contribution >= 0.6 is 23.4 Å². The van der Waals surface area contributed by atoms with E-state index in [0.717, 1.165) is 16.7 Å². The van der Waals surface area contributed by atoms with Crippen LogP contribution in [0.4, 0.5) is 4.79 Å². The van der Waals surface area contributed by atoms with Gasteiger partial charge in [0.1, 0.15) is 5.75 Å². The molecule has 1 saturated heterocycles. The second kappa shape index (κ2) is 8.28. The second-order valence-electron chi connectivity index (χ2n) is 5.61. The summed E-state index contributed by atoms with van der Waals surface area (Å²) in [5.74, 6) is -1.12. The molecule has 1 heterocycles. The molecule has 8 heteroatoms. The van der Waals surface area contributed by atoms with Gasteiger partial charge in [0.25, 0.3) is 11.1 Å². The van der Waals surface area contributed by atoms with Crippen LogP contribution in [0, 0.1) is 0 Å². The average Bonchev–Trinajstić information content (AvgIpc) is 2.89. The number of carboxylic acids is 1. The van der Waals surface area contributed by atoms with E-state index in [0.29, 0.717) is 21.9 Å². The van der Waals surface area contributed by atoms with E-state index in [2.05, 4.69) is 0 Å². The third kappa shape index (κ3) is 4.69. The lowest BCUT2D eigenvalue weighted by atomic mass is 10.2. The fourth-order valence-electron chi connectivity index (χ4n) is 2.42. The van der Waals surface area contributed by atoms with Crippen LogP contribution in [0.15, 0.2) is 53.4 Å². The van der Waals surface area contributed by atoms with Crippen molar-refractivity contribution in [3.63, 3.8) is 0 Å². The van der Waals surface area contributed by atoms with E-state index >= 15 is 0 Å². The molecule has 0 aromatic heterocycles. The third-order valence-corrected chi connectivity index (χ3v) is 4.95. The number of amides is 2. The zero-order chi connectivity index (χ0) is 19.4. The molecule has 0 unspecified atom stereocenters. The van der Waals surface area contributed by atoms with Crippen molar-refractivity contribution in [1.82, 2.24) is 4.90 Å². The Hall–Kier alpha value is -2.77. The van der Waals surface area contributed by atoms with Gasteiger partial charge in [-0.05, 0) is 47.2 Å². The molecular formula is C19H14ClNO5S. The minimum atomic E-state index is -1.08. The molecule has 138 valence electrons. The van der Waals surface area contributed by atoms with E-state index < -0.39 is 18.5 Å². The van der Waals surface area contributed by atoms with Gasteiger partial charge in [-0.3, -0.25) is 14.5 Å². The quantitative estimate of drug-likeness (QED) is 0.733. The molecule has 2 aromatic carbocycles. The number of hydrogen-bond donors (Lipinski definition) is 1. The summed E-state index contributed by atoms with van der Waals surface area (Å²) in [6, 6.07) is 13.7. The predicted octanol–water partition coefficient (Wildman–Crippen LogP) is 4.04. The summed E-state index contributed by atoms with van der Waals surface area (Å²) in [5, 5.41) is 8.79. The summed E-state index contributed by atoms with van der Waals surface area (Å²) in [7, 11) is 0. The van der Waals surface area contributed by atoms with Gasteiger partial charge in [0.2, 0.25) is 0 Å². The van der Waals surface area contributed by atoms with Crippen LogP contribution in [0.3, 0.4) is 0 Å². The van der Waals surface area contributed by atoms with Crippen molar-refractivity contribution >= 4 is 46.6 Å². The molecule has 1 aliphatic heterocycles. The van der Waals surface area contributed by atoms with E-state index in [-0.39, 0.29) is 16.7 Å². The van der Waals surface area contributed by atoms with Crippen molar-refractivity contribution in [2.45, 2.75) is 6.54 Å². The van der Waals surface area contributed by atoms with Gasteiger partial charge < -0.3 is 9.84 Å². The zero-order valence-electron chi connectivity index (χ0n) is 13.9. The van der Waals surface area contributed by atoms with Gasteiger partial charge in [-0.15, -0.1) is 0 Å². The number of rotatable bonds is 6. The Bertz CT molecular complexity index is 943. The Morgan fingerprint density at radius 1 is 1.19 bits per heavy atom. The Kier molecular flexibility index (Phi) is 5.83. The van der Waals surface area contributed by atoms with Crippen LogP contribution in [0.25, 0.3) is 6.08 Å². The van der Waals surface area contributed by atoms with E-state index in [4.69, 9.17) is 21.4 Å². The molecule has 3 rings (SSSR count). The van der Waals surface area contributed by atoms with E-state index in [9.17, 15) is 14.4 Å². The van der Waals surface area contributed by atoms with Crippen LogP contribution < -0.4 is 4.74 Å². The summed E-state index contributed by atoms with van der Waals surface area (Å²) in [4.78, 5) is 36.8. The molecule has 1 N–H and O–H groups in total. The van der Waals surface area contributed by atoms with Gasteiger partial charge in [0, 0.05) is 5.02 Å². The SMILES string of the molecule is O=C(O)COc1cccc(/C=C2/SC(=O)N(Cc3ccccc3Cl)C2=O)c1. The molecule has 2 aromatic rings. The van der Waals surface area contributed by atoms with Crippen molar-refractivity contribution in [1.29, 1.82) is 0 Å². The highest BCUT2D eigenvalue weighted by molar-refractivity contribution is 8.18. The number of carbonyl (C=O) groups excluding carboxylic acids is 2. The number of thioether (sulfide) groups is 1. The van der Waals surface area contributed by atoms with Crippen molar-refractivity contribution in [3.05, 3.63) is 69.6 Å². The molecule has 1 fully saturated rings. The van der Waals surface area contributed by atoms with Gasteiger partial charge in [-0.2, -0.15) is 0 Å². The minimum absolute atomic E-state index is 0.101. The maximum atomic E-state index is 12.6. The van der Waals surface area contributed by atoms with Gasteiger partial charge in [0.05, 0.1) is 11.4 Å². The molecule has 1 aliphatic rings. The van der Waals surface area contributed by atoms with Crippen LogP contribution in [0.1, 0.15) is 11.1 Å². The average molecular weight is 404 g/mol. The molecule has 27 heavy (non-hydrogen) atoms. The third-order valence-electron chi connectivity index (χ3n) is 3.68. The van der Waals surface area contributed by atoms with Gasteiger partial charge in [-0.1, -0.05) is 41.9 Å². The monoisotopic (exact) mass is 403 g/mol. The number of nitrogens with zero attached hydrogens (tertiary/aromatic N) is 1. The molecule has 2 amide bonds. The van der Waals surface area contributed by atoms with E-state index in [1.165, 1.54) is 0 Å². The number of imide groups is 1. The number of ether oxygens (including phenoxy) is 1. The lowest BCUT2D eigenvalue weighted by Gasteiger charge is -2.13. The van der Waals surface area contributed by atoms with Gasteiger partial charge >= 0.3 is 5.97 Å². The lowest BCUT2D eigenvalue weighted by Crippen LogP contribution is -2.27. The highest BCUT2D eigenvalue weighted by atomic mass is 35.5. The highest BCUT2D eigenvalue weighted by Gasteiger charge is 2.35. The Labute approximate surface area is 164 Å². The smallest absolute Gasteiger partial charge is 0.341 e. The fraction of sp³-hybridized carbons (Fsp3) is 0.105. The molecule has 0 saturated carbocycles. The molecule has 0 spiro atoms. The van der Waals surface area contributed by atoms with Crippen molar-refractivity contribution in [2.24, 2.45) is 0 Å². The van der Waals surface area contributed by atoms with Crippen LogP contribution in [0.5, 0.6) is 5.75 Å². The van der Waals surface area contributed by atoms with Crippen LogP contribution in [0.2, 0.25) is 5.02 Å². The summed E-state index contributed by atoms with van der Waals surface area (Å²) in [6.45, 7) is -0.360. The number of hydrogen-bond acceptors (Lipinski definition) is 5. The maximum absolute atomic E-state index is 12.6. The van der Waals surface area contributed by atoms with Crippen molar-refractivity contribution in [2.75, 3.05) is 6.61 Å². The lowest BCUT2D eigenvalue weighted by molar-refractivity contribution is -0.139. The Morgan fingerprint density at radius 2 is 1.96 bits per heavy atom. The fourth-order valence-corrected chi connectivity index (χ4v) is 3.46. The van der Waals surface area contributed by atoms with Crippen molar-refractivity contribution < 1.29 is 24.2 Å². The zero-order valence-corrected chi connectivity index (χ0v) is 15.5. The van der Waals surface area contributed by atoms with Crippen LogP contribution in [-0.2, 0) is 16.1 Å². The summed E-state index contributed by atoms with van der Waals surface area (Å²) < 4.78 is 5.12. The summed E-state index contributed by atoms with van der Waals surface area (Å²) in [5.41, 5.74) is 1.31. The molecular weight excluding hydrogens is 390 g/mol. The Morgan fingerprint density at radius 3 is 2.70 bits per heavy atom. The first-order valence-electron chi connectivity index (χ1n) is 7.87. The first-order valence-corrected chi connectivity index (χ1v) is 9.07. The normalized spacial score (nSPS) is 15.4. The predicted molar refractivity (Wildman–Crippen MR) is 103 cm³/mol. The first-order chi connectivity index (χ1) is 12.9. The first kappa shape index (κ1) is 19.0. The molecule has 0 aliphatic carbocycles. The molecule has 6 nitrogen and oxygen atoms in total. The summed E-state index contributed by atoms with van der Waals surface area (Å²) in [6.07, 6.45) is 1.57. The minimum Gasteiger partial charge on any atom is -0.482 e. The molecule has 0 bridgehead atoms. The molecule has 0 radical (unpaired) electrons. The highest BCUT2D eigenvalue weighted by Crippen LogP contribution is 2.34. The van der Waals surface area contributed by atoms with Gasteiger partial charge in [-0.25, -0.2) is 4.79 Å². The van der Waals surface area contributed by atoms with E-state index in [1.807, 2.05) is 0 Å². The largest absolute Gasteiger partial charge is 0.482 e. The number of carboxylic acid groups (broad SMARTS) is 1. The van der Waals surface area contributed by atoms with Gasteiger partial charge in [0.15, 0.2) is 6.61 Å². The number of halogens is 1. The number of aliphatic carboxylic acids is 1. The van der Waals surface area contributed by atoms with E-state index in [1.54, 1.807) is 54.6 Å². The topological polar surface area (TPSA) is 83.9 Å². The van der Waals surface area contributed by atoms with Crippen LogP contribution in [-0.4, -0.2) is 33.7 Å². The Balaban J connectivity index is 1.77. The maximum Gasteiger partial charge on any atom is 0.341 e.